The molecule has 0 heterocycles. The van der Waals surface area contributed by atoms with E-state index in [1.165, 1.54) is 30.3 Å². The van der Waals surface area contributed by atoms with Crippen molar-refractivity contribution in [1.29, 1.82) is 0 Å². The normalized spacial score (nSPS) is 11.1. The van der Waals surface area contributed by atoms with Crippen LogP contribution in [0.1, 0.15) is 12.0 Å². The molecular weight excluding hydrogens is 393 g/mol. The van der Waals surface area contributed by atoms with Crippen LogP contribution in [0, 0.1) is 12.7 Å². The molecule has 3 rings (SSSR count). The molecule has 7 heteroatoms. The Morgan fingerprint density at radius 2 is 1.72 bits per heavy atom. The van der Waals surface area contributed by atoms with Gasteiger partial charge in [0.2, 0.25) is 5.91 Å². The fraction of sp³-hybridized carbons (Fsp3) is 0.136. The van der Waals surface area contributed by atoms with Crippen LogP contribution in [0.5, 0.6) is 11.5 Å². The standard InChI is InChI=1S/C22H20FNO4S/c1-16-9-11-19(12-10-16)29(26,27)14-13-22(25)24-20-7-2-3-8-21(20)28-18-6-4-5-17(23)15-18/h2-12,15H,13-14H2,1H3,(H,24,25). The maximum Gasteiger partial charge on any atom is 0.225 e. The van der Waals surface area contributed by atoms with Gasteiger partial charge in [-0.2, -0.15) is 0 Å². The lowest BCUT2D eigenvalue weighted by Crippen LogP contribution is -2.17. The van der Waals surface area contributed by atoms with Crippen molar-refractivity contribution in [2.75, 3.05) is 11.1 Å². The number of carbonyl (C=O) groups excluding carboxylic acids is 1. The summed E-state index contributed by atoms with van der Waals surface area (Å²) in [6.07, 6.45) is -0.204. The molecule has 1 amide bonds. The number of benzene rings is 3. The number of anilines is 1. The van der Waals surface area contributed by atoms with Crippen LogP contribution in [-0.2, 0) is 14.6 Å². The lowest BCUT2D eigenvalue weighted by molar-refractivity contribution is -0.115. The molecule has 5 nitrogen and oxygen atoms in total. The second-order valence-corrected chi connectivity index (χ2v) is 8.59. The van der Waals surface area contributed by atoms with Crippen LogP contribution in [0.15, 0.2) is 77.7 Å². The molecule has 150 valence electrons. The predicted octanol–water partition coefficient (Wildman–Crippen LogP) is 4.73. The zero-order valence-corrected chi connectivity index (χ0v) is 16.6. The summed E-state index contributed by atoms with van der Waals surface area (Å²) in [4.78, 5) is 12.5. The maximum atomic E-state index is 13.3. The van der Waals surface area contributed by atoms with E-state index in [1.54, 1.807) is 42.5 Å². The second kappa shape index (κ2) is 8.87. The number of nitrogens with one attached hydrogen (secondary N) is 1. The van der Waals surface area contributed by atoms with Gasteiger partial charge in [-0.15, -0.1) is 0 Å². The van der Waals surface area contributed by atoms with Crippen molar-refractivity contribution in [3.05, 3.63) is 84.2 Å². The van der Waals surface area contributed by atoms with Gasteiger partial charge in [-0.05, 0) is 43.3 Å². The summed E-state index contributed by atoms with van der Waals surface area (Å²) in [5.41, 5.74) is 1.33. The van der Waals surface area contributed by atoms with E-state index >= 15 is 0 Å². The summed E-state index contributed by atoms with van der Waals surface area (Å²) in [5, 5.41) is 2.66. The lowest BCUT2D eigenvalue weighted by Gasteiger charge is -2.12. The average molecular weight is 413 g/mol. The van der Waals surface area contributed by atoms with E-state index in [4.69, 9.17) is 4.74 Å². The first kappa shape index (κ1) is 20.5. The molecule has 1 N–H and O–H groups in total. The number of hydrogen-bond acceptors (Lipinski definition) is 4. The van der Waals surface area contributed by atoms with Crippen molar-refractivity contribution in [2.45, 2.75) is 18.2 Å². The maximum absolute atomic E-state index is 13.3. The number of carbonyl (C=O) groups is 1. The number of amides is 1. The number of rotatable bonds is 7. The molecule has 0 saturated heterocycles. The van der Waals surface area contributed by atoms with Gasteiger partial charge in [-0.3, -0.25) is 4.79 Å². The Bertz CT molecular complexity index is 1110. The molecule has 0 unspecified atom stereocenters. The van der Waals surface area contributed by atoms with E-state index in [2.05, 4.69) is 5.32 Å². The number of sulfone groups is 1. The fourth-order valence-electron chi connectivity index (χ4n) is 2.62. The Morgan fingerprint density at radius 3 is 2.45 bits per heavy atom. The molecule has 0 aliphatic carbocycles. The molecule has 0 aliphatic rings. The number of halogens is 1. The van der Waals surface area contributed by atoms with Gasteiger partial charge in [-0.25, -0.2) is 12.8 Å². The van der Waals surface area contributed by atoms with Crippen LogP contribution in [0.4, 0.5) is 10.1 Å². The van der Waals surface area contributed by atoms with E-state index in [9.17, 15) is 17.6 Å². The van der Waals surface area contributed by atoms with Crippen molar-refractivity contribution in [1.82, 2.24) is 0 Å². The second-order valence-electron chi connectivity index (χ2n) is 6.49. The summed E-state index contributed by atoms with van der Waals surface area (Å²) in [5.74, 6) is -0.600. The Morgan fingerprint density at radius 1 is 1.00 bits per heavy atom. The molecule has 29 heavy (non-hydrogen) atoms. The van der Waals surface area contributed by atoms with Crippen molar-refractivity contribution in [3.8, 4) is 11.5 Å². The van der Waals surface area contributed by atoms with Crippen LogP contribution < -0.4 is 10.1 Å². The first-order valence-electron chi connectivity index (χ1n) is 8.95. The summed E-state index contributed by atoms with van der Waals surface area (Å²) in [6, 6.07) is 18.8. The van der Waals surface area contributed by atoms with E-state index in [0.717, 1.165) is 5.56 Å². The SMILES string of the molecule is Cc1ccc(S(=O)(=O)CCC(=O)Nc2ccccc2Oc2cccc(F)c2)cc1. The zero-order chi connectivity index (χ0) is 20.9. The summed E-state index contributed by atoms with van der Waals surface area (Å²) < 4.78 is 43.8. The molecular formula is C22H20FNO4S. The Hall–Kier alpha value is -3.19. The highest BCUT2D eigenvalue weighted by atomic mass is 32.2. The van der Waals surface area contributed by atoms with Gasteiger partial charge in [0.15, 0.2) is 15.6 Å². The summed E-state index contributed by atoms with van der Waals surface area (Å²) in [6.45, 7) is 1.87. The van der Waals surface area contributed by atoms with Gasteiger partial charge < -0.3 is 10.1 Å². The zero-order valence-electron chi connectivity index (χ0n) is 15.8. The van der Waals surface area contributed by atoms with Gasteiger partial charge in [0, 0.05) is 12.5 Å². The minimum absolute atomic E-state index is 0.186. The van der Waals surface area contributed by atoms with Crippen LogP contribution in [0.2, 0.25) is 0 Å². The number of hydrogen-bond donors (Lipinski definition) is 1. The van der Waals surface area contributed by atoms with Crippen LogP contribution in [0.25, 0.3) is 0 Å². The van der Waals surface area contributed by atoms with Gasteiger partial charge in [0.1, 0.15) is 11.6 Å². The molecule has 0 fully saturated rings. The molecule has 0 atom stereocenters. The molecule has 0 aromatic heterocycles. The highest BCUT2D eigenvalue weighted by Crippen LogP contribution is 2.29. The Labute approximate surface area is 169 Å². The third kappa shape index (κ3) is 5.65. The minimum Gasteiger partial charge on any atom is -0.455 e. The fourth-order valence-corrected chi connectivity index (χ4v) is 3.86. The highest BCUT2D eigenvalue weighted by molar-refractivity contribution is 7.91. The molecule has 3 aromatic rings. The molecule has 0 spiro atoms. The largest absolute Gasteiger partial charge is 0.455 e. The molecule has 0 radical (unpaired) electrons. The minimum atomic E-state index is -3.56. The first-order valence-corrected chi connectivity index (χ1v) is 10.6. The number of aryl methyl sites for hydroxylation is 1. The van der Waals surface area contributed by atoms with Crippen molar-refractivity contribution < 1.29 is 22.3 Å². The topological polar surface area (TPSA) is 72.5 Å². The molecule has 0 aliphatic heterocycles. The van der Waals surface area contributed by atoms with Crippen molar-refractivity contribution in [3.63, 3.8) is 0 Å². The van der Waals surface area contributed by atoms with Crippen LogP contribution in [0.3, 0.4) is 0 Å². The lowest BCUT2D eigenvalue weighted by atomic mass is 10.2. The quantitative estimate of drug-likeness (QED) is 0.608. The number of ether oxygens (including phenoxy) is 1. The van der Waals surface area contributed by atoms with Crippen molar-refractivity contribution >= 4 is 21.4 Å². The molecule has 0 saturated carbocycles. The average Bonchev–Trinajstić information content (AvgIpc) is 2.68. The third-order valence-electron chi connectivity index (χ3n) is 4.16. The molecule has 0 bridgehead atoms. The predicted molar refractivity (Wildman–Crippen MR) is 109 cm³/mol. The third-order valence-corrected chi connectivity index (χ3v) is 5.89. The summed E-state index contributed by atoms with van der Waals surface area (Å²) in [7, 11) is -3.56. The van der Waals surface area contributed by atoms with Gasteiger partial charge >= 0.3 is 0 Å². The highest BCUT2D eigenvalue weighted by Gasteiger charge is 2.17. The van der Waals surface area contributed by atoms with Gasteiger partial charge in [-0.1, -0.05) is 35.9 Å². The first-order chi connectivity index (χ1) is 13.8. The van der Waals surface area contributed by atoms with Gasteiger partial charge in [0.25, 0.3) is 0 Å². The number of para-hydroxylation sites is 2. The van der Waals surface area contributed by atoms with E-state index in [-0.39, 0.29) is 22.8 Å². The Kier molecular flexibility index (Phi) is 6.29. The van der Waals surface area contributed by atoms with Crippen molar-refractivity contribution in [2.24, 2.45) is 0 Å². The van der Waals surface area contributed by atoms with Crippen LogP contribution in [-0.4, -0.2) is 20.1 Å². The van der Waals surface area contributed by atoms with Gasteiger partial charge in [0.05, 0.1) is 16.3 Å². The smallest absolute Gasteiger partial charge is 0.225 e. The van der Waals surface area contributed by atoms with E-state index < -0.39 is 21.6 Å². The van der Waals surface area contributed by atoms with E-state index in [0.29, 0.717) is 11.4 Å². The van der Waals surface area contributed by atoms with Crippen LogP contribution >= 0.6 is 0 Å². The Balaban J connectivity index is 1.66. The monoisotopic (exact) mass is 413 g/mol. The summed E-state index contributed by atoms with van der Waals surface area (Å²) >= 11 is 0. The van der Waals surface area contributed by atoms with E-state index in [1.807, 2.05) is 6.92 Å². The molecule has 3 aromatic carbocycles.